The Hall–Kier alpha value is -1.48. The van der Waals surface area contributed by atoms with Gasteiger partial charge in [0.05, 0.1) is 13.7 Å². The van der Waals surface area contributed by atoms with E-state index in [1.807, 2.05) is 30.3 Å². The number of hydrogen-bond acceptors (Lipinski definition) is 3. The number of methoxy groups -OCH3 is 1. The zero-order valence-corrected chi connectivity index (χ0v) is 13.1. The predicted octanol–water partition coefficient (Wildman–Crippen LogP) is 3.65. The van der Waals surface area contributed by atoms with Crippen LogP contribution >= 0.6 is 0 Å². The maximum atomic E-state index is 5.78. The van der Waals surface area contributed by atoms with Gasteiger partial charge in [-0.15, -0.1) is 6.58 Å². The van der Waals surface area contributed by atoms with Crippen LogP contribution in [0.4, 0.5) is 0 Å². The molecule has 0 amide bonds. The highest BCUT2D eigenvalue weighted by molar-refractivity contribution is 5.31. The molecule has 3 nitrogen and oxygen atoms in total. The monoisotopic (exact) mass is 277 g/mol. The van der Waals surface area contributed by atoms with Gasteiger partial charge in [-0.2, -0.15) is 0 Å². The average Bonchev–Trinajstić information content (AvgIpc) is 2.46. The minimum absolute atomic E-state index is 0.0523. The van der Waals surface area contributed by atoms with Crippen LogP contribution in [0.1, 0.15) is 27.2 Å². The molecule has 1 unspecified atom stereocenters. The van der Waals surface area contributed by atoms with Crippen molar-refractivity contribution in [2.24, 2.45) is 5.41 Å². The molecule has 1 aromatic rings. The zero-order chi connectivity index (χ0) is 15.0. The van der Waals surface area contributed by atoms with Crippen LogP contribution in [0, 0.1) is 5.41 Å². The molecule has 1 aromatic carbocycles. The Labute approximate surface area is 123 Å². The van der Waals surface area contributed by atoms with Crippen LogP contribution in [0.15, 0.2) is 36.9 Å². The van der Waals surface area contributed by atoms with E-state index in [-0.39, 0.29) is 5.41 Å². The van der Waals surface area contributed by atoms with Gasteiger partial charge in [0.1, 0.15) is 11.5 Å². The molecular weight excluding hydrogens is 250 g/mol. The van der Waals surface area contributed by atoms with E-state index in [4.69, 9.17) is 9.47 Å². The van der Waals surface area contributed by atoms with Gasteiger partial charge in [0.25, 0.3) is 0 Å². The number of nitrogens with one attached hydrogen (secondary N) is 1. The van der Waals surface area contributed by atoms with E-state index in [1.54, 1.807) is 7.11 Å². The summed E-state index contributed by atoms with van der Waals surface area (Å²) >= 11 is 0. The molecule has 0 aromatic heterocycles. The molecule has 0 saturated heterocycles. The standard InChI is InChI=1S/C17H27NO2/c1-6-17(4,13-18-14(2)3)11-12-20-16-9-7-15(19-5)8-10-16/h6-10,14,18H,1,11-13H2,2-5H3. The van der Waals surface area contributed by atoms with E-state index in [1.165, 1.54) is 0 Å². The van der Waals surface area contributed by atoms with Gasteiger partial charge in [0.2, 0.25) is 0 Å². The molecular formula is C17H27NO2. The molecule has 0 radical (unpaired) electrons. The lowest BCUT2D eigenvalue weighted by Crippen LogP contribution is -2.35. The summed E-state index contributed by atoms with van der Waals surface area (Å²) in [5.41, 5.74) is 0.0523. The highest BCUT2D eigenvalue weighted by Crippen LogP contribution is 2.23. The lowest BCUT2D eigenvalue weighted by atomic mass is 9.87. The Bertz CT molecular complexity index is 400. The van der Waals surface area contributed by atoms with Crippen LogP contribution in [0.5, 0.6) is 11.5 Å². The minimum atomic E-state index is 0.0523. The molecule has 0 heterocycles. The summed E-state index contributed by atoms with van der Waals surface area (Å²) in [5, 5.41) is 3.46. The maximum absolute atomic E-state index is 5.78. The van der Waals surface area contributed by atoms with E-state index in [9.17, 15) is 0 Å². The third-order valence-corrected chi connectivity index (χ3v) is 3.41. The Kier molecular flexibility index (Phi) is 6.59. The normalized spacial score (nSPS) is 13.8. The number of hydrogen-bond donors (Lipinski definition) is 1. The van der Waals surface area contributed by atoms with Gasteiger partial charge in [-0.05, 0) is 30.7 Å². The first kappa shape index (κ1) is 16.6. The number of benzene rings is 1. The van der Waals surface area contributed by atoms with Crippen LogP contribution in [0.25, 0.3) is 0 Å². The van der Waals surface area contributed by atoms with E-state index >= 15 is 0 Å². The summed E-state index contributed by atoms with van der Waals surface area (Å²) in [5.74, 6) is 1.71. The largest absolute Gasteiger partial charge is 0.497 e. The fraction of sp³-hybridized carbons (Fsp3) is 0.529. The molecule has 0 saturated carbocycles. The summed E-state index contributed by atoms with van der Waals surface area (Å²) in [6, 6.07) is 8.15. The molecule has 112 valence electrons. The van der Waals surface area contributed by atoms with Crippen molar-refractivity contribution >= 4 is 0 Å². The zero-order valence-electron chi connectivity index (χ0n) is 13.1. The van der Waals surface area contributed by atoms with Crippen LogP contribution in [0.2, 0.25) is 0 Å². The molecule has 0 aliphatic rings. The molecule has 0 spiro atoms. The topological polar surface area (TPSA) is 30.5 Å². The van der Waals surface area contributed by atoms with Gasteiger partial charge in [-0.25, -0.2) is 0 Å². The summed E-state index contributed by atoms with van der Waals surface area (Å²) in [6.07, 6.45) is 2.95. The second-order valence-electron chi connectivity index (χ2n) is 5.67. The molecule has 1 atom stereocenters. The molecule has 3 heteroatoms. The Morgan fingerprint density at radius 1 is 1.25 bits per heavy atom. The first-order valence-corrected chi connectivity index (χ1v) is 7.13. The maximum Gasteiger partial charge on any atom is 0.119 e. The highest BCUT2D eigenvalue weighted by Gasteiger charge is 2.20. The Morgan fingerprint density at radius 3 is 2.35 bits per heavy atom. The summed E-state index contributed by atoms with van der Waals surface area (Å²) in [6.45, 7) is 12.0. The lowest BCUT2D eigenvalue weighted by Gasteiger charge is -2.27. The molecule has 1 rings (SSSR count). The van der Waals surface area contributed by atoms with Gasteiger partial charge >= 0.3 is 0 Å². The first-order valence-electron chi connectivity index (χ1n) is 7.13. The molecule has 0 bridgehead atoms. The average molecular weight is 277 g/mol. The lowest BCUT2D eigenvalue weighted by molar-refractivity contribution is 0.241. The number of rotatable bonds is 9. The quantitative estimate of drug-likeness (QED) is 0.699. The van der Waals surface area contributed by atoms with Crippen molar-refractivity contribution < 1.29 is 9.47 Å². The minimum Gasteiger partial charge on any atom is -0.497 e. The third kappa shape index (κ3) is 5.66. The van der Waals surface area contributed by atoms with Crippen molar-refractivity contribution in [3.63, 3.8) is 0 Å². The highest BCUT2D eigenvalue weighted by atomic mass is 16.5. The van der Waals surface area contributed by atoms with Crippen LogP contribution in [0.3, 0.4) is 0 Å². The third-order valence-electron chi connectivity index (χ3n) is 3.41. The van der Waals surface area contributed by atoms with E-state index in [0.29, 0.717) is 12.6 Å². The second-order valence-corrected chi connectivity index (χ2v) is 5.67. The van der Waals surface area contributed by atoms with Crippen molar-refractivity contribution in [3.05, 3.63) is 36.9 Å². The first-order chi connectivity index (χ1) is 9.49. The van der Waals surface area contributed by atoms with Gasteiger partial charge in [0, 0.05) is 18.0 Å². The van der Waals surface area contributed by atoms with Crippen molar-refractivity contribution in [2.45, 2.75) is 33.2 Å². The van der Waals surface area contributed by atoms with Gasteiger partial charge in [-0.3, -0.25) is 0 Å². The fourth-order valence-electron chi connectivity index (χ4n) is 1.77. The smallest absolute Gasteiger partial charge is 0.119 e. The van der Waals surface area contributed by atoms with Gasteiger partial charge < -0.3 is 14.8 Å². The van der Waals surface area contributed by atoms with Crippen molar-refractivity contribution in [1.29, 1.82) is 0 Å². The molecule has 20 heavy (non-hydrogen) atoms. The summed E-state index contributed by atoms with van der Waals surface area (Å²) in [7, 11) is 1.66. The molecule has 1 N–H and O–H groups in total. The van der Waals surface area contributed by atoms with Gasteiger partial charge in [-0.1, -0.05) is 26.8 Å². The molecule has 0 fully saturated rings. The summed E-state index contributed by atoms with van der Waals surface area (Å²) in [4.78, 5) is 0. The molecule has 0 aliphatic carbocycles. The van der Waals surface area contributed by atoms with E-state index in [0.717, 1.165) is 24.5 Å². The van der Waals surface area contributed by atoms with Gasteiger partial charge in [0.15, 0.2) is 0 Å². The van der Waals surface area contributed by atoms with E-state index in [2.05, 4.69) is 32.7 Å². The van der Waals surface area contributed by atoms with Crippen LogP contribution in [-0.2, 0) is 0 Å². The molecule has 0 aliphatic heterocycles. The second kappa shape index (κ2) is 7.95. The SMILES string of the molecule is C=CC(C)(CCOc1ccc(OC)cc1)CNC(C)C. The Balaban J connectivity index is 2.41. The van der Waals surface area contributed by atoms with Crippen molar-refractivity contribution in [1.82, 2.24) is 5.32 Å². The van der Waals surface area contributed by atoms with Crippen LogP contribution in [-0.4, -0.2) is 26.3 Å². The van der Waals surface area contributed by atoms with Crippen molar-refractivity contribution in [3.8, 4) is 11.5 Å². The predicted molar refractivity (Wildman–Crippen MR) is 84.5 cm³/mol. The van der Waals surface area contributed by atoms with Crippen molar-refractivity contribution in [2.75, 3.05) is 20.3 Å². The Morgan fingerprint density at radius 2 is 1.85 bits per heavy atom. The van der Waals surface area contributed by atoms with Crippen LogP contribution < -0.4 is 14.8 Å². The number of ether oxygens (including phenoxy) is 2. The fourth-order valence-corrected chi connectivity index (χ4v) is 1.77. The van der Waals surface area contributed by atoms with E-state index < -0.39 is 0 Å². The summed E-state index contributed by atoms with van der Waals surface area (Å²) < 4.78 is 10.9.